The molecule has 15 heavy (non-hydrogen) atoms. The van der Waals surface area contributed by atoms with Gasteiger partial charge in [-0.25, -0.2) is 0 Å². The number of aromatic nitrogens is 3. The summed E-state index contributed by atoms with van der Waals surface area (Å²) in [6, 6.07) is 0. The quantitative estimate of drug-likeness (QED) is 0.760. The second-order valence-corrected chi connectivity index (χ2v) is 5.18. The van der Waals surface area contributed by atoms with E-state index in [9.17, 15) is 0 Å². The first-order valence-corrected chi connectivity index (χ1v) is 6.07. The van der Waals surface area contributed by atoms with Crippen LogP contribution in [-0.2, 0) is 18.4 Å². The molecule has 84 valence electrons. The van der Waals surface area contributed by atoms with E-state index in [1.165, 1.54) is 37.3 Å². The van der Waals surface area contributed by atoms with Crippen LogP contribution in [0, 0.1) is 0 Å². The van der Waals surface area contributed by atoms with Crippen LogP contribution < -0.4 is 0 Å². The van der Waals surface area contributed by atoms with E-state index in [0.717, 1.165) is 13.0 Å². The van der Waals surface area contributed by atoms with Crippen molar-refractivity contribution in [1.82, 2.24) is 14.8 Å². The van der Waals surface area contributed by atoms with E-state index >= 15 is 0 Å². The molecule has 0 N–H and O–H groups in total. The van der Waals surface area contributed by atoms with Gasteiger partial charge in [0.2, 0.25) is 0 Å². The summed E-state index contributed by atoms with van der Waals surface area (Å²) < 4.78 is 2.33. The molecule has 0 saturated carbocycles. The minimum absolute atomic E-state index is 0.186. The number of hydrogen-bond donors (Lipinski definition) is 0. The van der Waals surface area contributed by atoms with Crippen LogP contribution in [0.25, 0.3) is 0 Å². The zero-order valence-electron chi connectivity index (χ0n) is 10.1. The SMILES string of the molecule is CCCCC(C)(C)c1nnc2n1CCC2. The van der Waals surface area contributed by atoms with Gasteiger partial charge in [-0.15, -0.1) is 10.2 Å². The van der Waals surface area contributed by atoms with E-state index < -0.39 is 0 Å². The van der Waals surface area contributed by atoms with Crippen molar-refractivity contribution >= 4 is 0 Å². The minimum atomic E-state index is 0.186. The van der Waals surface area contributed by atoms with Crippen LogP contribution in [0.3, 0.4) is 0 Å². The summed E-state index contributed by atoms with van der Waals surface area (Å²) in [4.78, 5) is 0. The van der Waals surface area contributed by atoms with Crippen LogP contribution in [0.2, 0.25) is 0 Å². The summed E-state index contributed by atoms with van der Waals surface area (Å²) >= 11 is 0. The maximum atomic E-state index is 4.38. The van der Waals surface area contributed by atoms with Crippen molar-refractivity contribution in [3.05, 3.63) is 11.6 Å². The standard InChI is InChI=1S/C12H21N3/c1-4-5-8-12(2,3)11-14-13-10-7-6-9-15(10)11/h4-9H2,1-3H3. The van der Waals surface area contributed by atoms with Crippen LogP contribution in [0.1, 0.15) is 58.1 Å². The highest BCUT2D eigenvalue weighted by molar-refractivity contribution is 5.10. The number of nitrogens with zero attached hydrogens (tertiary/aromatic N) is 3. The monoisotopic (exact) mass is 207 g/mol. The number of rotatable bonds is 4. The van der Waals surface area contributed by atoms with Gasteiger partial charge in [0, 0.05) is 18.4 Å². The molecular weight excluding hydrogens is 186 g/mol. The van der Waals surface area contributed by atoms with Crippen molar-refractivity contribution in [2.75, 3.05) is 0 Å². The molecule has 0 radical (unpaired) electrons. The molecule has 3 heteroatoms. The van der Waals surface area contributed by atoms with Crippen molar-refractivity contribution in [1.29, 1.82) is 0 Å². The highest BCUT2D eigenvalue weighted by atomic mass is 15.3. The van der Waals surface area contributed by atoms with Crippen molar-refractivity contribution in [2.45, 2.75) is 64.8 Å². The minimum Gasteiger partial charge on any atom is -0.315 e. The maximum Gasteiger partial charge on any atom is 0.138 e. The van der Waals surface area contributed by atoms with Crippen LogP contribution >= 0.6 is 0 Å². The summed E-state index contributed by atoms with van der Waals surface area (Å²) in [5.74, 6) is 2.39. The van der Waals surface area contributed by atoms with E-state index in [1.807, 2.05) is 0 Å². The first-order valence-electron chi connectivity index (χ1n) is 6.07. The predicted octanol–water partition coefficient (Wildman–Crippen LogP) is 2.69. The first-order chi connectivity index (χ1) is 7.15. The summed E-state index contributed by atoms with van der Waals surface area (Å²) in [6.07, 6.45) is 6.08. The third-order valence-electron chi connectivity index (χ3n) is 3.37. The molecule has 3 nitrogen and oxygen atoms in total. The predicted molar refractivity (Wildman–Crippen MR) is 60.9 cm³/mol. The molecule has 1 aromatic heterocycles. The lowest BCUT2D eigenvalue weighted by Gasteiger charge is -2.23. The van der Waals surface area contributed by atoms with Gasteiger partial charge in [0.15, 0.2) is 0 Å². The zero-order valence-corrected chi connectivity index (χ0v) is 10.1. The lowest BCUT2D eigenvalue weighted by atomic mass is 9.86. The first kappa shape index (κ1) is 10.7. The lowest BCUT2D eigenvalue weighted by molar-refractivity contribution is 0.412. The fourth-order valence-corrected chi connectivity index (χ4v) is 2.38. The van der Waals surface area contributed by atoms with Gasteiger partial charge in [-0.05, 0) is 12.8 Å². The van der Waals surface area contributed by atoms with Gasteiger partial charge in [0.25, 0.3) is 0 Å². The second kappa shape index (κ2) is 3.95. The summed E-state index contributed by atoms with van der Waals surface area (Å²) in [5, 5.41) is 8.66. The van der Waals surface area contributed by atoms with Gasteiger partial charge in [0.1, 0.15) is 11.6 Å². The molecule has 0 amide bonds. The van der Waals surface area contributed by atoms with Gasteiger partial charge in [-0.1, -0.05) is 33.6 Å². The molecule has 1 aliphatic rings. The molecule has 1 aliphatic heterocycles. The second-order valence-electron chi connectivity index (χ2n) is 5.18. The molecule has 0 spiro atoms. The third-order valence-corrected chi connectivity index (χ3v) is 3.37. The highest BCUT2D eigenvalue weighted by Crippen LogP contribution is 2.30. The summed E-state index contributed by atoms with van der Waals surface area (Å²) in [7, 11) is 0. The smallest absolute Gasteiger partial charge is 0.138 e. The fourth-order valence-electron chi connectivity index (χ4n) is 2.38. The Bertz CT molecular complexity index is 339. The van der Waals surface area contributed by atoms with E-state index in [4.69, 9.17) is 0 Å². The molecule has 1 aromatic rings. The Kier molecular flexibility index (Phi) is 2.81. The molecule has 0 saturated heterocycles. The van der Waals surface area contributed by atoms with Crippen LogP contribution in [0.5, 0.6) is 0 Å². The number of aryl methyl sites for hydroxylation is 1. The van der Waals surface area contributed by atoms with Gasteiger partial charge in [-0.3, -0.25) is 0 Å². The molecule has 0 bridgehead atoms. The normalized spacial score (nSPS) is 15.7. The van der Waals surface area contributed by atoms with Gasteiger partial charge >= 0.3 is 0 Å². The number of unbranched alkanes of at least 4 members (excludes halogenated alkanes) is 1. The van der Waals surface area contributed by atoms with Crippen molar-refractivity contribution < 1.29 is 0 Å². The Morgan fingerprint density at radius 1 is 1.33 bits per heavy atom. The van der Waals surface area contributed by atoms with Crippen LogP contribution in [0.15, 0.2) is 0 Å². The topological polar surface area (TPSA) is 30.7 Å². The Balaban J connectivity index is 2.20. The van der Waals surface area contributed by atoms with Gasteiger partial charge in [0.05, 0.1) is 0 Å². The molecular formula is C12H21N3. The van der Waals surface area contributed by atoms with Gasteiger partial charge in [-0.2, -0.15) is 0 Å². The maximum absolute atomic E-state index is 4.38. The van der Waals surface area contributed by atoms with Crippen molar-refractivity contribution in [3.63, 3.8) is 0 Å². The average molecular weight is 207 g/mol. The molecule has 2 rings (SSSR count). The third kappa shape index (κ3) is 1.92. The summed E-state index contributed by atoms with van der Waals surface area (Å²) in [6.45, 7) is 7.94. The van der Waals surface area contributed by atoms with Crippen LogP contribution in [0.4, 0.5) is 0 Å². The van der Waals surface area contributed by atoms with E-state index in [0.29, 0.717) is 0 Å². The number of fused-ring (bicyclic) bond motifs is 1. The molecule has 0 unspecified atom stereocenters. The lowest BCUT2D eigenvalue weighted by Crippen LogP contribution is -2.22. The van der Waals surface area contributed by atoms with E-state index in [2.05, 4.69) is 35.5 Å². The average Bonchev–Trinajstić information content (AvgIpc) is 2.74. The molecule has 0 aliphatic carbocycles. The fraction of sp³-hybridized carbons (Fsp3) is 0.833. The molecule has 2 heterocycles. The Labute approximate surface area is 91.9 Å². The largest absolute Gasteiger partial charge is 0.315 e. The Hall–Kier alpha value is -0.860. The highest BCUT2D eigenvalue weighted by Gasteiger charge is 2.29. The van der Waals surface area contributed by atoms with Gasteiger partial charge < -0.3 is 4.57 Å². The number of hydrogen-bond acceptors (Lipinski definition) is 2. The Morgan fingerprint density at radius 3 is 2.87 bits per heavy atom. The van der Waals surface area contributed by atoms with E-state index in [1.54, 1.807) is 0 Å². The van der Waals surface area contributed by atoms with Crippen LogP contribution in [-0.4, -0.2) is 14.8 Å². The molecule has 0 aromatic carbocycles. The van der Waals surface area contributed by atoms with Crippen molar-refractivity contribution in [3.8, 4) is 0 Å². The summed E-state index contributed by atoms with van der Waals surface area (Å²) in [5.41, 5.74) is 0.186. The zero-order chi connectivity index (χ0) is 10.9. The Morgan fingerprint density at radius 2 is 2.13 bits per heavy atom. The molecule has 0 atom stereocenters. The van der Waals surface area contributed by atoms with E-state index in [-0.39, 0.29) is 5.41 Å². The molecule has 0 fully saturated rings. The van der Waals surface area contributed by atoms with Crippen molar-refractivity contribution in [2.24, 2.45) is 0 Å².